The molecule has 148 valence electrons. The minimum atomic E-state index is -0.115. The summed E-state index contributed by atoms with van der Waals surface area (Å²) in [6.45, 7) is 2.74. The number of rotatable bonds is 7. The van der Waals surface area contributed by atoms with Crippen LogP contribution in [0.4, 0.5) is 0 Å². The van der Waals surface area contributed by atoms with Gasteiger partial charge in [0, 0.05) is 17.0 Å². The van der Waals surface area contributed by atoms with E-state index in [4.69, 9.17) is 16.6 Å². The number of unbranched alkanes of at least 4 members (excludes halogenated alkanes) is 1. The Balaban J connectivity index is 1.80. The molecular weight excluding hydrogens is 404 g/mol. The van der Waals surface area contributed by atoms with Gasteiger partial charge >= 0.3 is 0 Å². The second-order valence-corrected chi connectivity index (χ2v) is 8.26. The third-order valence-corrected chi connectivity index (χ3v) is 5.85. The zero-order valence-electron chi connectivity index (χ0n) is 16.1. The molecule has 0 amide bonds. The first-order valence-corrected chi connectivity index (χ1v) is 10.9. The van der Waals surface area contributed by atoms with E-state index in [1.807, 2.05) is 42.5 Å². The van der Waals surface area contributed by atoms with E-state index in [9.17, 15) is 4.79 Å². The molecule has 4 rings (SSSR count). The van der Waals surface area contributed by atoms with Crippen molar-refractivity contribution in [2.24, 2.45) is 0 Å². The fraction of sp³-hybridized carbons (Fsp3) is 0.227. The maximum absolute atomic E-state index is 13.4. The maximum Gasteiger partial charge on any atom is 0.269 e. The Kier molecular flexibility index (Phi) is 6.02. The van der Waals surface area contributed by atoms with Crippen LogP contribution >= 0.6 is 23.4 Å². The average molecular weight is 425 g/mol. The van der Waals surface area contributed by atoms with Crippen molar-refractivity contribution in [3.05, 3.63) is 81.7 Å². The van der Waals surface area contributed by atoms with Gasteiger partial charge in [-0.3, -0.25) is 14.0 Å². The molecular formula is C22H21ClN4OS. The molecule has 0 atom stereocenters. The van der Waals surface area contributed by atoms with Crippen molar-refractivity contribution in [2.45, 2.75) is 31.5 Å². The van der Waals surface area contributed by atoms with E-state index < -0.39 is 0 Å². The molecule has 0 radical (unpaired) electrons. The van der Waals surface area contributed by atoms with Gasteiger partial charge in [0.1, 0.15) is 5.39 Å². The minimum absolute atomic E-state index is 0.115. The first-order valence-electron chi connectivity index (χ1n) is 9.58. The summed E-state index contributed by atoms with van der Waals surface area (Å²) >= 11 is 7.62. The van der Waals surface area contributed by atoms with Crippen molar-refractivity contribution in [2.75, 3.05) is 5.75 Å². The van der Waals surface area contributed by atoms with Crippen molar-refractivity contribution in [1.82, 2.24) is 19.3 Å². The molecule has 2 aromatic heterocycles. The van der Waals surface area contributed by atoms with E-state index >= 15 is 0 Å². The predicted octanol–water partition coefficient (Wildman–Crippen LogP) is 5.18. The highest BCUT2D eigenvalue weighted by Gasteiger charge is 2.16. The summed E-state index contributed by atoms with van der Waals surface area (Å²) in [6, 6.07) is 17.3. The molecule has 0 unspecified atom stereocenters. The third-order valence-electron chi connectivity index (χ3n) is 4.57. The Hall–Kier alpha value is -2.57. The van der Waals surface area contributed by atoms with Crippen molar-refractivity contribution < 1.29 is 0 Å². The van der Waals surface area contributed by atoms with Crippen LogP contribution in [0, 0.1) is 0 Å². The number of thioether (sulfide) groups is 1. The number of fused-ring (bicyclic) bond motifs is 1. The maximum atomic E-state index is 13.4. The summed E-state index contributed by atoms with van der Waals surface area (Å²) in [5.74, 6) is 0.896. The predicted molar refractivity (Wildman–Crippen MR) is 119 cm³/mol. The molecule has 0 N–H and O–H groups in total. The summed E-state index contributed by atoms with van der Waals surface area (Å²) < 4.78 is 3.44. The van der Waals surface area contributed by atoms with E-state index in [1.165, 1.54) is 0 Å². The Morgan fingerprint density at radius 3 is 2.55 bits per heavy atom. The van der Waals surface area contributed by atoms with Gasteiger partial charge in [0.25, 0.3) is 5.56 Å². The summed E-state index contributed by atoms with van der Waals surface area (Å²) in [4.78, 5) is 18.1. The van der Waals surface area contributed by atoms with E-state index in [0.717, 1.165) is 29.8 Å². The second kappa shape index (κ2) is 8.84. The molecule has 0 saturated carbocycles. The number of hydrogen-bond donors (Lipinski definition) is 0. The van der Waals surface area contributed by atoms with Crippen LogP contribution < -0.4 is 5.56 Å². The lowest BCUT2D eigenvalue weighted by Crippen LogP contribution is -2.21. The van der Waals surface area contributed by atoms with Gasteiger partial charge in [-0.05, 0) is 36.2 Å². The number of benzene rings is 2. The van der Waals surface area contributed by atoms with Crippen molar-refractivity contribution >= 4 is 34.4 Å². The summed E-state index contributed by atoms with van der Waals surface area (Å²) in [6.07, 6.45) is 3.93. The molecule has 0 aliphatic carbocycles. The molecule has 2 heterocycles. The van der Waals surface area contributed by atoms with Gasteiger partial charge < -0.3 is 0 Å². The molecule has 29 heavy (non-hydrogen) atoms. The minimum Gasteiger partial charge on any atom is -0.268 e. The Morgan fingerprint density at radius 2 is 1.83 bits per heavy atom. The van der Waals surface area contributed by atoms with Crippen LogP contribution in [0.3, 0.4) is 0 Å². The van der Waals surface area contributed by atoms with Crippen LogP contribution in [-0.4, -0.2) is 25.1 Å². The SMILES string of the molecule is CCCCSc1nc2nn(Cc3ccccc3)cc2c(=O)n1-c1ccc(Cl)cc1. The first-order chi connectivity index (χ1) is 14.2. The Morgan fingerprint density at radius 1 is 1.07 bits per heavy atom. The molecule has 5 nitrogen and oxygen atoms in total. The van der Waals surface area contributed by atoms with Crippen molar-refractivity contribution in [3.63, 3.8) is 0 Å². The molecule has 2 aromatic carbocycles. The van der Waals surface area contributed by atoms with Gasteiger partial charge in [0.05, 0.1) is 12.2 Å². The molecule has 0 bridgehead atoms. The standard InChI is InChI=1S/C22H21ClN4OS/c1-2-3-13-29-22-24-20-19(15-26(25-20)14-16-7-5-4-6-8-16)21(28)27(22)18-11-9-17(23)10-12-18/h4-12,15H,2-3,13-14H2,1H3. The molecule has 4 aromatic rings. The average Bonchev–Trinajstić information content (AvgIpc) is 3.13. The van der Waals surface area contributed by atoms with Crippen LogP contribution in [-0.2, 0) is 6.54 Å². The van der Waals surface area contributed by atoms with E-state index in [0.29, 0.717) is 27.8 Å². The van der Waals surface area contributed by atoms with E-state index in [2.05, 4.69) is 12.0 Å². The van der Waals surface area contributed by atoms with Gasteiger partial charge in [-0.15, -0.1) is 0 Å². The topological polar surface area (TPSA) is 52.7 Å². The number of aromatic nitrogens is 4. The normalized spacial score (nSPS) is 11.2. The molecule has 7 heteroatoms. The van der Waals surface area contributed by atoms with Crippen molar-refractivity contribution in [1.29, 1.82) is 0 Å². The van der Waals surface area contributed by atoms with Crippen LogP contribution in [0.25, 0.3) is 16.7 Å². The fourth-order valence-electron chi connectivity index (χ4n) is 3.07. The molecule has 0 saturated heterocycles. The van der Waals surface area contributed by atoms with Crippen LogP contribution in [0.1, 0.15) is 25.3 Å². The summed E-state index contributed by atoms with van der Waals surface area (Å²) in [5, 5.41) is 6.36. The number of halogens is 1. The lowest BCUT2D eigenvalue weighted by Gasteiger charge is -2.11. The molecule has 0 aliphatic heterocycles. The number of hydrogen-bond acceptors (Lipinski definition) is 4. The molecule has 0 fully saturated rings. The van der Waals surface area contributed by atoms with Crippen LogP contribution in [0.15, 0.2) is 70.7 Å². The van der Waals surface area contributed by atoms with Gasteiger partial charge in [0.2, 0.25) is 0 Å². The number of nitrogens with zero attached hydrogens (tertiary/aromatic N) is 4. The smallest absolute Gasteiger partial charge is 0.268 e. The lowest BCUT2D eigenvalue weighted by atomic mass is 10.2. The van der Waals surface area contributed by atoms with Gasteiger partial charge in [-0.25, -0.2) is 4.98 Å². The summed E-state index contributed by atoms with van der Waals surface area (Å²) in [5.41, 5.74) is 2.24. The first kappa shape index (κ1) is 19.7. The zero-order valence-corrected chi connectivity index (χ0v) is 17.7. The zero-order chi connectivity index (χ0) is 20.2. The Labute approximate surface area is 178 Å². The van der Waals surface area contributed by atoms with Gasteiger partial charge in [-0.2, -0.15) is 5.10 Å². The van der Waals surface area contributed by atoms with E-state index in [1.54, 1.807) is 39.3 Å². The quantitative estimate of drug-likeness (QED) is 0.233. The largest absolute Gasteiger partial charge is 0.269 e. The highest BCUT2D eigenvalue weighted by atomic mass is 35.5. The monoisotopic (exact) mass is 424 g/mol. The second-order valence-electron chi connectivity index (χ2n) is 6.76. The van der Waals surface area contributed by atoms with Crippen LogP contribution in [0.2, 0.25) is 5.02 Å². The van der Waals surface area contributed by atoms with Gasteiger partial charge in [0.15, 0.2) is 10.8 Å². The highest BCUT2D eigenvalue weighted by molar-refractivity contribution is 7.99. The van der Waals surface area contributed by atoms with E-state index in [-0.39, 0.29) is 5.56 Å². The van der Waals surface area contributed by atoms with Crippen LogP contribution in [0.5, 0.6) is 0 Å². The van der Waals surface area contributed by atoms with Gasteiger partial charge in [-0.1, -0.05) is 67.0 Å². The fourth-order valence-corrected chi connectivity index (χ4v) is 4.28. The molecule has 0 spiro atoms. The van der Waals surface area contributed by atoms with Crippen molar-refractivity contribution in [3.8, 4) is 5.69 Å². The molecule has 0 aliphatic rings. The summed E-state index contributed by atoms with van der Waals surface area (Å²) in [7, 11) is 0. The highest BCUT2D eigenvalue weighted by Crippen LogP contribution is 2.23. The Bertz CT molecular complexity index is 1170. The third kappa shape index (κ3) is 4.38. The lowest BCUT2D eigenvalue weighted by molar-refractivity contribution is 0.691.